The van der Waals surface area contributed by atoms with Gasteiger partial charge >= 0.3 is 0 Å². The molecule has 0 saturated carbocycles. The number of carbonyl (C=O) groups is 1. The minimum atomic E-state index is -0.0371. The van der Waals surface area contributed by atoms with Crippen LogP contribution in [0.2, 0.25) is 5.02 Å². The normalized spacial score (nSPS) is 21.2. The molecule has 2 heterocycles. The van der Waals surface area contributed by atoms with E-state index in [1.54, 1.807) is 6.20 Å². The third-order valence-electron chi connectivity index (χ3n) is 3.93. The minimum absolute atomic E-state index is 0.0371. The summed E-state index contributed by atoms with van der Waals surface area (Å²) in [5.41, 5.74) is 1.13. The highest BCUT2D eigenvalue weighted by Crippen LogP contribution is 2.22. The Morgan fingerprint density at radius 2 is 2.16 bits per heavy atom. The molecule has 0 unspecified atom stereocenters. The fourth-order valence-electron chi connectivity index (χ4n) is 3.07. The molecule has 0 radical (unpaired) electrons. The van der Waals surface area contributed by atoms with Crippen molar-refractivity contribution in [2.75, 3.05) is 25.0 Å². The number of anilines is 1. The largest absolute Gasteiger partial charge is 0.373 e. The highest BCUT2D eigenvalue weighted by Gasteiger charge is 2.23. The summed E-state index contributed by atoms with van der Waals surface area (Å²) in [6.07, 6.45) is 2.87. The SMILES string of the molecule is C[C@@H]1CN(CC(=O)Nc2ncc(Cc3cccc(Cl)c3)s2)C[C@@H](C)O1. The third kappa shape index (κ3) is 5.51. The average Bonchev–Trinajstić information content (AvgIpc) is 2.92. The quantitative estimate of drug-likeness (QED) is 0.864. The standard InChI is InChI=1S/C18H22ClN3O2S/c1-12-9-22(10-13(2)24-12)11-17(23)21-18-20-8-16(25-18)7-14-4-3-5-15(19)6-14/h3-6,8,12-13H,7,9-11H2,1-2H3,(H,20,21,23)/t12-,13-/m1/s1. The molecule has 134 valence electrons. The van der Waals surface area contributed by atoms with Crippen LogP contribution in [0.1, 0.15) is 24.3 Å². The van der Waals surface area contributed by atoms with Gasteiger partial charge in [-0.15, -0.1) is 11.3 Å². The first kappa shape index (κ1) is 18.3. The molecule has 25 heavy (non-hydrogen) atoms. The molecule has 2 atom stereocenters. The summed E-state index contributed by atoms with van der Waals surface area (Å²) >= 11 is 7.51. The van der Waals surface area contributed by atoms with Crippen molar-refractivity contribution in [2.24, 2.45) is 0 Å². The van der Waals surface area contributed by atoms with Crippen molar-refractivity contribution in [1.82, 2.24) is 9.88 Å². The molecule has 5 nitrogen and oxygen atoms in total. The van der Waals surface area contributed by atoms with Crippen molar-refractivity contribution in [3.63, 3.8) is 0 Å². The van der Waals surface area contributed by atoms with Gasteiger partial charge in [-0.2, -0.15) is 0 Å². The molecular weight excluding hydrogens is 358 g/mol. The Hall–Kier alpha value is -1.47. The summed E-state index contributed by atoms with van der Waals surface area (Å²) in [5, 5.41) is 4.26. The van der Waals surface area contributed by atoms with Gasteiger partial charge in [0.05, 0.1) is 18.8 Å². The molecule has 3 rings (SSSR count). The lowest BCUT2D eigenvalue weighted by atomic mass is 10.1. The first-order valence-electron chi connectivity index (χ1n) is 8.35. The number of nitrogens with zero attached hydrogens (tertiary/aromatic N) is 2. The maximum Gasteiger partial charge on any atom is 0.240 e. The second kappa shape index (κ2) is 8.27. The van der Waals surface area contributed by atoms with E-state index in [0.717, 1.165) is 35.0 Å². The van der Waals surface area contributed by atoms with Crippen molar-refractivity contribution in [3.05, 3.63) is 45.9 Å². The van der Waals surface area contributed by atoms with Crippen LogP contribution < -0.4 is 5.32 Å². The van der Waals surface area contributed by atoms with E-state index in [9.17, 15) is 4.79 Å². The second-order valence-electron chi connectivity index (χ2n) is 6.44. The molecule has 1 aromatic heterocycles. The Kier molecular flexibility index (Phi) is 6.06. The van der Waals surface area contributed by atoms with Crippen molar-refractivity contribution < 1.29 is 9.53 Å². The van der Waals surface area contributed by atoms with Crippen LogP contribution in [0.3, 0.4) is 0 Å². The van der Waals surface area contributed by atoms with Gasteiger partial charge in [0.25, 0.3) is 0 Å². The molecule has 2 aromatic rings. The van der Waals surface area contributed by atoms with Crippen LogP contribution in [0.4, 0.5) is 5.13 Å². The Balaban J connectivity index is 1.53. The predicted octanol–water partition coefficient (Wildman–Crippen LogP) is 3.44. The summed E-state index contributed by atoms with van der Waals surface area (Å²) < 4.78 is 5.69. The molecule has 0 spiro atoms. The van der Waals surface area contributed by atoms with Crippen molar-refractivity contribution in [3.8, 4) is 0 Å². The number of carbonyl (C=O) groups excluding carboxylic acids is 1. The van der Waals surface area contributed by atoms with Gasteiger partial charge in [-0.25, -0.2) is 4.98 Å². The Labute approximate surface area is 157 Å². The topological polar surface area (TPSA) is 54.5 Å². The van der Waals surface area contributed by atoms with E-state index >= 15 is 0 Å². The lowest BCUT2D eigenvalue weighted by Crippen LogP contribution is -2.48. The number of benzene rings is 1. The smallest absolute Gasteiger partial charge is 0.240 e. The third-order valence-corrected chi connectivity index (χ3v) is 5.08. The lowest BCUT2D eigenvalue weighted by Gasteiger charge is -2.34. The van der Waals surface area contributed by atoms with Crippen molar-refractivity contribution >= 4 is 34.0 Å². The molecule has 7 heteroatoms. The monoisotopic (exact) mass is 379 g/mol. The van der Waals surface area contributed by atoms with E-state index < -0.39 is 0 Å². The summed E-state index contributed by atoms with van der Waals surface area (Å²) in [4.78, 5) is 19.8. The number of halogens is 1. The minimum Gasteiger partial charge on any atom is -0.373 e. The second-order valence-corrected chi connectivity index (χ2v) is 7.99. The van der Waals surface area contributed by atoms with Crippen LogP contribution in [0.25, 0.3) is 0 Å². The molecule has 0 aliphatic carbocycles. The summed E-state index contributed by atoms with van der Waals surface area (Å²) in [7, 11) is 0. The number of aromatic nitrogens is 1. The lowest BCUT2D eigenvalue weighted by molar-refractivity contribution is -0.121. The maximum atomic E-state index is 12.3. The number of hydrogen-bond acceptors (Lipinski definition) is 5. The van der Waals surface area contributed by atoms with E-state index in [0.29, 0.717) is 11.7 Å². The van der Waals surface area contributed by atoms with Crippen LogP contribution in [0.5, 0.6) is 0 Å². The maximum absolute atomic E-state index is 12.3. The first-order valence-corrected chi connectivity index (χ1v) is 9.54. The van der Waals surface area contributed by atoms with Crippen LogP contribution in [-0.2, 0) is 16.0 Å². The van der Waals surface area contributed by atoms with Gasteiger partial charge in [-0.3, -0.25) is 9.69 Å². The van der Waals surface area contributed by atoms with E-state index in [1.165, 1.54) is 11.3 Å². The summed E-state index contributed by atoms with van der Waals surface area (Å²) in [6, 6.07) is 7.77. The number of amides is 1. The Morgan fingerprint density at radius 1 is 1.40 bits per heavy atom. The highest BCUT2D eigenvalue weighted by atomic mass is 35.5. The molecule has 1 aliphatic rings. The fourth-order valence-corrected chi connectivity index (χ4v) is 4.15. The average molecular weight is 380 g/mol. The fraction of sp³-hybridized carbons (Fsp3) is 0.444. The predicted molar refractivity (Wildman–Crippen MR) is 101 cm³/mol. The van der Waals surface area contributed by atoms with Gasteiger partial charge in [0.15, 0.2) is 5.13 Å². The molecule has 0 bridgehead atoms. The van der Waals surface area contributed by atoms with Gasteiger partial charge < -0.3 is 10.1 Å². The number of ether oxygens (including phenoxy) is 1. The van der Waals surface area contributed by atoms with E-state index in [1.807, 2.05) is 38.1 Å². The summed E-state index contributed by atoms with van der Waals surface area (Å²) in [6.45, 7) is 5.97. The number of hydrogen-bond donors (Lipinski definition) is 1. The molecule has 1 fully saturated rings. The van der Waals surface area contributed by atoms with Crippen molar-refractivity contribution in [2.45, 2.75) is 32.5 Å². The molecule has 1 N–H and O–H groups in total. The van der Waals surface area contributed by atoms with Crippen LogP contribution >= 0.6 is 22.9 Å². The zero-order valence-corrected chi connectivity index (χ0v) is 15.9. The van der Waals surface area contributed by atoms with Crippen LogP contribution in [0, 0.1) is 0 Å². The molecular formula is C18H22ClN3O2S. The molecule has 1 amide bonds. The van der Waals surface area contributed by atoms with E-state index in [-0.39, 0.29) is 18.1 Å². The first-order chi connectivity index (χ1) is 12.0. The van der Waals surface area contributed by atoms with Crippen LogP contribution in [0.15, 0.2) is 30.5 Å². The van der Waals surface area contributed by atoms with Gasteiger partial charge in [0, 0.05) is 35.6 Å². The molecule has 1 saturated heterocycles. The zero-order valence-electron chi connectivity index (χ0n) is 14.4. The van der Waals surface area contributed by atoms with E-state index in [4.69, 9.17) is 16.3 Å². The number of thiazole rings is 1. The van der Waals surface area contributed by atoms with Crippen molar-refractivity contribution in [1.29, 1.82) is 0 Å². The number of rotatable bonds is 5. The number of morpholine rings is 1. The summed E-state index contributed by atoms with van der Waals surface area (Å²) in [5.74, 6) is -0.0371. The van der Waals surface area contributed by atoms with E-state index in [2.05, 4.69) is 15.2 Å². The Bertz CT molecular complexity index is 727. The van der Waals surface area contributed by atoms with Gasteiger partial charge in [0.1, 0.15) is 0 Å². The van der Waals surface area contributed by atoms with Gasteiger partial charge in [-0.05, 0) is 31.5 Å². The van der Waals surface area contributed by atoms with Gasteiger partial charge in [0.2, 0.25) is 5.91 Å². The molecule has 1 aromatic carbocycles. The highest BCUT2D eigenvalue weighted by molar-refractivity contribution is 7.15. The zero-order chi connectivity index (χ0) is 17.8. The van der Waals surface area contributed by atoms with Gasteiger partial charge in [-0.1, -0.05) is 23.7 Å². The molecule has 1 aliphatic heterocycles. The van der Waals surface area contributed by atoms with Crippen LogP contribution in [-0.4, -0.2) is 47.6 Å². The Morgan fingerprint density at radius 3 is 2.88 bits per heavy atom. The number of nitrogens with one attached hydrogen (secondary N) is 1.